The molecule has 68 valence electrons. The smallest absolute Gasteiger partial charge is 0.0260 e. The van der Waals surface area contributed by atoms with Crippen LogP contribution in [0.5, 0.6) is 0 Å². The third-order valence-corrected chi connectivity index (χ3v) is 3.67. The highest BCUT2D eigenvalue weighted by molar-refractivity contribution is 5.12. The van der Waals surface area contributed by atoms with Crippen LogP contribution in [0.3, 0.4) is 0 Å². The maximum atomic E-state index is 2.55. The second kappa shape index (κ2) is 2.90. The highest BCUT2D eigenvalue weighted by Gasteiger charge is 2.41. The topological polar surface area (TPSA) is 0 Å². The van der Waals surface area contributed by atoms with Crippen molar-refractivity contribution in [1.82, 2.24) is 0 Å². The molecule has 1 fully saturated rings. The normalized spacial score (nSPS) is 27.1. The van der Waals surface area contributed by atoms with Crippen molar-refractivity contribution in [2.45, 2.75) is 52.4 Å². The molecule has 2 aliphatic carbocycles. The maximum Gasteiger partial charge on any atom is -0.0260 e. The summed E-state index contributed by atoms with van der Waals surface area (Å²) in [4.78, 5) is 0. The summed E-state index contributed by atoms with van der Waals surface area (Å²) in [7, 11) is 0. The summed E-state index contributed by atoms with van der Waals surface area (Å²) in [5.41, 5.74) is 2.52. The standard InChI is InChI=1S/C12H20/c1-10(2)11-4-3-6-12(7-5-11)8-9-12/h5,10H,3-4,6-9H2,1-2H3. The van der Waals surface area contributed by atoms with Crippen molar-refractivity contribution in [3.05, 3.63) is 11.6 Å². The van der Waals surface area contributed by atoms with Gasteiger partial charge in [-0.05, 0) is 49.9 Å². The molecule has 0 aromatic heterocycles. The van der Waals surface area contributed by atoms with Gasteiger partial charge < -0.3 is 0 Å². The first kappa shape index (κ1) is 8.34. The van der Waals surface area contributed by atoms with Crippen molar-refractivity contribution >= 4 is 0 Å². The van der Waals surface area contributed by atoms with Crippen molar-refractivity contribution in [3.8, 4) is 0 Å². The summed E-state index contributed by atoms with van der Waals surface area (Å²) in [6, 6.07) is 0. The quantitative estimate of drug-likeness (QED) is 0.515. The summed E-state index contributed by atoms with van der Waals surface area (Å²) in [6.07, 6.45) is 11.3. The Hall–Kier alpha value is -0.260. The maximum absolute atomic E-state index is 2.55. The molecule has 0 unspecified atom stereocenters. The largest absolute Gasteiger partial charge is 0.0845 e. The number of rotatable bonds is 1. The third-order valence-electron chi connectivity index (χ3n) is 3.67. The molecule has 0 amide bonds. The van der Waals surface area contributed by atoms with Crippen molar-refractivity contribution in [1.29, 1.82) is 0 Å². The molecule has 12 heavy (non-hydrogen) atoms. The molecule has 0 nitrogen and oxygen atoms in total. The monoisotopic (exact) mass is 164 g/mol. The molecule has 0 heterocycles. The van der Waals surface area contributed by atoms with E-state index in [-0.39, 0.29) is 0 Å². The van der Waals surface area contributed by atoms with Crippen LogP contribution in [0.25, 0.3) is 0 Å². The zero-order valence-corrected chi connectivity index (χ0v) is 8.40. The van der Waals surface area contributed by atoms with Crippen molar-refractivity contribution < 1.29 is 0 Å². The van der Waals surface area contributed by atoms with Crippen LogP contribution in [0.1, 0.15) is 52.4 Å². The van der Waals surface area contributed by atoms with Gasteiger partial charge in [-0.3, -0.25) is 0 Å². The molecular formula is C12H20. The van der Waals surface area contributed by atoms with E-state index in [0.29, 0.717) is 0 Å². The Balaban J connectivity index is 2.02. The molecule has 1 saturated carbocycles. The molecule has 0 aliphatic heterocycles. The molecule has 0 heteroatoms. The third kappa shape index (κ3) is 1.57. The number of hydrogen-bond donors (Lipinski definition) is 0. The Labute approximate surface area is 76.1 Å². The van der Waals surface area contributed by atoms with Crippen LogP contribution in [0.2, 0.25) is 0 Å². The van der Waals surface area contributed by atoms with Gasteiger partial charge >= 0.3 is 0 Å². The number of hydrogen-bond acceptors (Lipinski definition) is 0. The van der Waals surface area contributed by atoms with Gasteiger partial charge in [0.1, 0.15) is 0 Å². The molecule has 2 rings (SSSR count). The highest BCUT2D eigenvalue weighted by Crippen LogP contribution is 2.54. The molecule has 0 aromatic carbocycles. The minimum absolute atomic E-state index is 0.791. The average Bonchev–Trinajstić information content (AvgIpc) is 2.80. The summed E-state index contributed by atoms with van der Waals surface area (Å²) in [5.74, 6) is 0.791. The predicted molar refractivity (Wildman–Crippen MR) is 53.1 cm³/mol. The first-order valence-corrected chi connectivity index (χ1v) is 5.41. The second-order valence-corrected chi connectivity index (χ2v) is 4.99. The fourth-order valence-electron chi connectivity index (χ4n) is 2.37. The summed E-state index contributed by atoms with van der Waals surface area (Å²) in [5, 5.41) is 0. The minimum atomic E-state index is 0.791. The Morgan fingerprint density at radius 3 is 2.58 bits per heavy atom. The van der Waals surface area contributed by atoms with E-state index >= 15 is 0 Å². The van der Waals surface area contributed by atoms with Crippen molar-refractivity contribution in [2.24, 2.45) is 11.3 Å². The van der Waals surface area contributed by atoms with Crippen LogP contribution in [0.15, 0.2) is 11.6 Å². The Morgan fingerprint density at radius 1 is 1.25 bits per heavy atom. The first-order valence-electron chi connectivity index (χ1n) is 5.41. The fourth-order valence-corrected chi connectivity index (χ4v) is 2.37. The zero-order chi connectivity index (χ0) is 8.60. The van der Waals surface area contributed by atoms with Crippen LogP contribution in [0, 0.1) is 11.3 Å². The predicted octanol–water partition coefficient (Wildman–Crippen LogP) is 3.92. The van der Waals surface area contributed by atoms with Gasteiger partial charge in [0, 0.05) is 0 Å². The lowest BCUT2D eigenvalue weighted by atomic mass is 9.98. The lowest BCUT2D eigenvalue weighted by Crippen LogP contribution is -1.95. The van der Waals surface area contributed by atoms with Crippen LogP contribution in [-0.2, 0) is 0 Å². The molecule has 0 bridgehead atoms. The molecule has 0 N–H and O–H groups in total. The van der Waals surface area contributed by atoms with Gasteiger partial charge in [0.2, 0.25) is 0 Å². The fraction of sp³-hybridized carbons (Fsp3) is 0.833. The molecular weight excluding hydrogens is 144 g/mol. The SMILES string of the molecule is CC(C)C1=CCC2(CCC1)CC2. The Morgan fingerprint density at radius 2 is 2.00 bits per heavy atom. The average molecular weight is 164 g/mol. The van der Waals surface area contributed by atoms with Crippen molar-refractivity contribution in [2.75, 3.05) is 0 Å². The first-order chi connectivity index (χ1) is 5.72. The lowest BCUT2D eigenvalue weighted by Gasteiger charge is -2.07. The van der Waals surface area contributed by atoms with E-state index in [2.05, 4.69) is 19.9 Å². The van der Waals surface area contributed by atoms with Gasteiger partial charge in [0.15, 0.2) is 0 Å². The molecule has 0 aromatic rings. The van der Waals surface area contributed by atoms with E-state index in [4.69, 9.17) is 0 Å². The van der Waals surface area contributed by atoms with Crippen LogP contribution < -0.4 is 0 Å². The van der Waals surface area contributed by atoms with Gasteiger partial charge in [-0.25, -0.2) is 0 Å². The van der Waals surface area contributed by atoms with Crippen LogP contribution in [-0.4, -0.2) is 0 Å². The Kier molecular flexibility index (Phi) is 2.02. The molecule has 2 aliphatic rings. The van der Waals surface area contributed by atoms with E-state index in [1.807, 2.05) is 0 Å². The Bertz CT molecular complexity index is 194. The minimum Gasteiger partial charge on any atom is -0.0845 e. The lowest BCUT2D eigenvalue weighted by molar-refractivity contribution is 0.466. The molecule has 1 spiro atoms. The zero-order valence-electron chi connectivity index (χ0n) is 8.40. The summed E-state index contributed by atoms with van der Waals surface area (Å²) in [6.45, 7) is 4.66. The van der Waals surface area contributed by atoms with Gasteiger partial charge in [-0.1, -0.05) is 25.5 Å². The van der Waals surface area contributed by atoms with Gasteiger partial charge in [-0.2, -0.15) is 0 Å². The van der Waals surface area contributed by atoms with E-state index in [0.717, 1.165) is 11.3 Å². The molecule has 0 radical (unpaired) electrons. The van der Waals surface area contributed by atoms with Crippen LogP contribution in [0.4, 0.5) is 0 Å². The van der Waals surface area contributed by atoms with E-state index in [1.165, 1.54) is 38.5 Å². The van der Waals surface area contributed by atoms with Crippen molar-refractivity contribution in [3.63, 3.8) is 0 Å². The summed E-state index contributed by atoms with van der Waals surface area (Å²) < 4.78 is 0. The summed E-state index contributed by atoms with van der Waals surface area (Å²) >= 11 is 0. The molecule has 0 atom stereocenters. The van der Waals surface area contributed by atoms with Crippen LogP contribution >= 0.6 is 0 Å². The van der Waals surface area contributed by atoms with Gasteiger partial charge in [0.25, 0.3) is 0 Å². The van der Waals surface area contributed by atoms with Gasteiger partial charge in [0.05, 0.1) is 0 Å². The van der Waals surface area contributed by atoms with Gasteiger partial charge in [-0.15, -0.1) is 0 Å². The van der Waals surface area contributed by atoms with E-state index in [1.54, 1.807) is 5.57 Å². The molecule has 0 saturated heterocycles. The number of allylic oxidation sites excluding steroid dienone is 2. The van der Waals surface area contributed by atoms with E-state index < -0.39 is 0 Å². The second-order valence-electron chi connectivity index (χ2n) is 4.99. The van der Waals surface area contributed by atoms with E-state index in [9.17, 15) is 0 Å². The highest BCUT2D eigenvalue weighted by atomic mass is 14.5.